The molecule has 0 aliphatic heterocycles. The lowest BCUT2D eigenvalue weighted by Gasteiger charge is -2.18. The predicted octanol–water partition coefficient (Wildman–Crippen LogP) is 7.71. The first-order valence-electron chi connectivity index (χ1n) is 12.7. The van der Waals surface area contributed by atoms with Crippen molar-refractivity contribution in [3.63, 3.8) is 0 Å². The van der Waals surface area contributed by atoms with Gasteiger partial charge in [0.2, 0.25) is 0 Å². The number of fused-ring (bicyclic) bond motifs is 1. The fraction of sp³-hybridized carbons (Fsp3) is 0.300. The summed E-state index contributed by atoms with van der Waals surface area (Å²) in [6, 6.07) is 13.2. The maximum absolute atomic E-state index is 13.8. The van der Waals surface area contributed by atoms with Gasteiger partial charge in [0.1, 0.15) is 5.75 Å². The van der Waals surface area contributed by atoms with E-state index in [0.717, 1.165) is 26.9 Å². The molecule has 0 aliphatic carbocycles. The number of hydrogen-bond acceptors (Lipinski definition) is 6. The highest BCUT2D eigenvalue weighted by Gasteiger charge is 2.20. The minimum atomic E-state index is -0.265. The van der Waals surface area contributed by atoms with Crippen LogP contribution in [0.2, 0.25) is 0 Å². The molecule has 4 rings (SSSR count). The van der Waals surface area contributed by atoms with Crippen LogP contribution in [0.15, 0.2) is 61.3 Å². The van der Waals surface area contributed by atoms with E-state index < -0.39 is 0 Å². The Morgan fingerprint density at radius 1 is 1.03 bits per heavy atom. The first kappa shape index (κ1) is 28.8. The van der Waals surface area contributed by atoms with Crippen LogP contribution in [0.25, 0.3) is 22.3 Å². The summed E-state index contributed by atoms with van der Waals surface area (Å²) in [5, 5.41) is 5.15. The third kappa shape index (κ3) is 5.75. The van der Waals surface area contributed by atoms with Crippen LogP contribution in [0.3, 0.4) is 0 Å². The van der Waals surface area contributed by atoms with Crippen LogP contribution in [-0.4, -0.2) is 36.2 Å². The zero-order valence-corrected chi connectivity index (χ0v) is 26.0. The summed E-state index contributed by atoms with van der Waals surface area (Å²) in [4.78, 5) is 18.7. The topological polar surface area (TPSA) is 74.9 Å². The summed E-state index contributed by atoms with van der Waals surface area (Å²) >= 11 is 7.22. The molecular formula is C30H31Br2N3O4. The second-order valence-corrected chi connectivity index (χ2v) is 10.8. The molecule has 0 saturated heterocycles. The molecule has 0 bridgehead atoms. The van der Waals surface area contributed by atoms with Crippen LogP contribution in [0, 0.1) is 6.92 Å². The zero-order valence-electron chi connectivity index (χ0n) is 22.8. The summed E-state index contributed by atoms with van der Waals surface area (Å²) in [7, 11) is 1.58. The van der Waals surface area contributed by atoms with Gasteiger partial charge in [-0.2, -0.15) is 9.78 Å². The van der Waals surface area contributed by atoms with Crippen molar-refractivity contribution >= 4 is 49.0 Å². The van der Waals surface area contributed by atoms with Crippen LogP contribution in [0.1, 0.15) is 50.3 Å². The van der Waals surface area contributed by atoms with Crippen LogP contribution < -0.4 is 19.8 Å². The highest BCUT2D eigenvalue weighted by atomic mass is 79.9. The molecule has 0 radical (unpaired) electrons. The minimum absolute atomic E-state index is 0.208. The lowest BCUT2D eigenvalue weighted by Crippen LogP contribution is -2.21. The van der Waals surface area contributed by atoms with Gasteiger partial charge < -0.3 is 14.2 Å². The number of ether oxygens (including phenoxy) is 3. The van der Waals surface area contributed by atoms with E-state index >= 15 is 0 Å². The Morgan fingerprint density at radius 3 is 2.41 bits per heavy atom. The van der Waals surface area contributed by atoms with Gasteiger partial charge in [0.25, 0.3) is 5.56 Å². The first-order valence-corrected chi connectivity index (χ1v) is 14.3. The molecule has 0 saturated carbocycles. The van der Waals surface area contributed by atoms with E-state index in [9.17, 15) is 4.79 Å². The van der Waals surface area contributed by atoms with Gasteiger partial charge in [-0.05, 0) is 100 Å². The van der Waals surface area contributed by atoms with E-state index in [1.165, 1.54) is 4.68 Å². The van der Waals surface area contributed by atoms with Crippen LogP contribution in [0.5, 0.6) is 17.2 Å². The Morgan fingerprint density at radius 2 is 1.74 bits per heavy atom. The average molecular weight is 657 g/mol. The summed E-state index contributed by atoms with van der Waals surface area (Å²) in [6.45, 7) is 11.1. The van der Waals surface area contributed by atoms with Crippen molar-refractivity contribution in [3.8, 4) is 28.6 Å². The van der Waals surface area contributed by atoms with Crippen molar-refractivity contribution < 1.29 is 14.2 Å². The number of hydrogen-bond donors (Lipinski definition) is 0. The van der Waals surface area contributed by atoms with Crippen LogP contribution in [0.4, 0.5) is 0 Å². The predicted molar refractivity (Wildman–Crippen MR) is 164 cm³/mol. The third-order valence-corrected chi connectivity index (χ3v) is 8.39. The van der Waals surface area contributed by atoms with Gasteiger partial charge in [0, 0.05) is 15.6 Å². The van der Waals surface area contributed by atoms with Crippen molar-refractivity contribution in [2.75, 3.05) is 20.3 Å². The quantitative estimate of drug-likeness (QED) is 0.173. The highest BCUT2D eigenvalue weighted by molar-refractivity contribution is 9.13. The van der Waals surface area contributed by atoms with Gasteiger partial charge in [0.05, 0.1) is 41.9 Å². The standard InChI is InChI=1S/C30H31Br2N3O4/c1-7-38-24-13-18(5)22(15-21(24)17(3)4)29-34-23-12-10-9-11-20(23)30(36)35(29)33-16-19-14-25(37-6)28(39-8-2)27(32)26(19)31/h9-17H,7-8H2,1-6H3. The summed E-state index contributed by atoms with van der Waals surface area (Å²) < 4.78 is 20.0. The summed E-state index contributed by atoms with van der Waals surface area (Å²) in [5.41, 5.74) is 3.82. The number of para-hydroxylation sites is 1. The van der Waals surface area contributed by atoms with Crippen molar-refractivity contribution in [3.05, 3.63) is 78.5 Å². The van der Waals surface area contributed by atoms with Gasteiger partial charge in [-0.15, -0.1) is 0 Å². The number of halogens is 2. The zero-order chi connectivity index (χ0) is 28.3. The molecule has 204 valence electrons. The molecule has 0 atom stereocenters. The molecule has 0 fully saturated rings. The Hall–Kier alpha value is -3.17. The monoisotopic (exact) mass is 655 g/mol. The number of nitrogens with zero attached hydrogens (tertiary/aromatic N) is 3. The van der Waals surface area contributed by atoms with Gasteiger partial charge in [0.15, 0.2) is 17.3 Å². The van der Waals surface area contributed by atoms with E-state index in [0.29, 0.717) is 51.5 Å². The van der Waals surface area contributed by atoms with Gasteiger partial charge in [-0.3, -0.25) is 4.79 Å². The molecule has 1 heterocycles. The number of aryl methyl sites for hydroxylation is 1. The van der Waals surface area contributed by atoms with E-state index in [2.05, 4.69) is 56.9 Å². The van der Waals surface area contributed by atoms with Gasteiger partial charge in [-0.1, -0.05) is 26.0 Å². The molecule has 4 aromatic rings. The number of benzene rings is 3. The van der Waals surface area contributed by atoms with E-state index in [1.54, 1.807) is 19.4 Å². The average Bonchev–Trinajstić information content (AvgIpc) is 2.92. The molecule has 0 aliphatic rings. The largest absolute Gasteiger partial charge is 0.494 e. The summed E-state index contributed by atoms with van der Waals surface area (Å²) in [5.74, 6) is 2.62. The fourth-order valence-corrected chi connectivity index (χ4v) is 5.26. The number of aromatic nitrogens is 2. The van der Waals surface area contributed by atoms with Crippen LogP contribution in [-0.2, 0) is 0 Å². The van der Waals surface area contributed by atoms with Gasteiger partial charge >= 0.3 is 0 Å². The lowest BCUT2D eigenvalue weighted by molar-refractivity contribution is 0.308. The second kappa shape index (κ2) is 12.3. The normalized spacial score (nSPS) is 11.5. The number of rotatable bonds is 9. The molecule has 0 amide bonds. The molecule has 0 spiro atoms. The van der Waals surface area contributed by atoms with Crippen molar-refractivity contribution in [1.29, 1.82) is 0 Å². The molecule has 0 unspecified atom stereocenters. The van der Waals surface area contributed by atoms with Gasteiger partial charge in [-0.25, -0.2) is 4.98 Å². The van der Waals surface area contributed by atoms with Crippen LogP contribution >= 0.6 is 31.9 Å². The highest BCUT2D eigenvalue weighted by Crippen LogP contribution is 2.42. The molecule has 7 nitrogen and oxygen atoms in total. The Kier molecular flexibility index (Phi) is 9.12. The van der Waals surface area contributed by atoms with E-state index in [1.807, 2.05) is 51.1 Å². The maximum atomic E-state index is 13.8. The van der Waals surface area contributed by atoms with Crippen molar-refractivity contribution in [2.24, 2.45) is 5.10 Å². The van der Waals surface area contributed by atoms with Crippen molar-refractivity contribution in [1.82, 2.24) is 9.66 Å². The number of methoxy groups -OCH3 is 1. The molecule has 1 aromatic heterocycles. The molecule has 3 aromatic carbocycles. The minimum Gasteiger partial charge on any atom is -0.494 e. The molecular weight excluding hydrogens is 626 g/mol. The fourth-order valence-electron chi connectivity index (χ4n) is 4.32. The summed E-state index contributed by atoms with van der Waals surface area (Å²) in [6.07, 6.45) is 1.61. The van der Waals surface area contributed by atoms with E-state index in [-0.39, 0.29) is 11.5 Å². The second-order valence-electron chi connectivity index (χ2n) is 9.16. The first-order chi connectivity index (χ1) is 18.7. The maximum Gasteiger partial charge on any atom is 0.282 e. The SMILES string of the molecule is CCOc1cc(C)c(-c2nc3ccccc3c(=O)n2N=Cc2cc(OC)c(OCC)c(Br)c2Br)cc1C(C)C. The Balaban J connectivity index is 1.97. The Labute approximate surface area is 245 Å². The smallest absolute Gasteiger partial charge is 0.282 e. The third-order valence-electron chi connectivity index (χ3n) is 6.25. The van der Waals surface area contributed by atoms with Crippen molar-refractivity contribution in [2.45, 2.75) is 40.5 Å². The lowest BCUT2D eigenvalue weighted by atomic mass is 9.96. The molecule has 0 N–H and O–H groups in total. The molecule has 9 heteroatoms. The molecule has 39 heavy (non-hydrogen) atoms. The van der Waals surface area contributed by atoms with E-state index in [4.69, 9.17) is 19.2 Å². The Bertz CT molecular complexity index is 1610.